The van der Waals surface area contributed by atoms with E-state index in [1.807, 2.05) is 54.5 Å². The average molecular weight is 593 g/mol. The molecule has 3 heterocycles. The summed E-state index contributed by atoms with van der Waals surface area (Å²) >= 11 is 0. The van der Waals surface area contributed by atoms with Crippen molar-refractivity contribution in [3.63, 3.8) is 0 Å². The highest BCUT2D eigenvalue weighted by molar-refractivity contribution is 6.20. The van der Waals surface area contributed by atoms with Crippen LogP contribution in [0.15, 0.2) is 34.9 Å². The summed E-state index contributed by atoms with van der Waals surface area (Å²) in [7, 11) is 1.43. The lowest BCUT2D eigenvalue weighted by Gasteiger charge is -2.59. The van der Waals surface area contributed by atoms with Crippen molar-refractivity contribution in [3.05, 3.63) is 51.6 Å². The summed E-state index contributed by atoms with van der Waals surface area (Å²) in [6, 6.07) is 0. The van der Waals surface area contributed by atoms with Crippen LogP contribution in [0.2, 0.25) is 0 Å². The lowest BCUT2D eigenvalue weighted by atomic mass is 9.49. The monoisotopic (exact) mass is 592 g/mol. The molecular formula is C34H40O9. The van der Waals surface area contributed by atoms with Gasteiger partial charge in [0.25, 0.3) is 0 Å². The molecule has 9 nitrogen and oxygen atoms in total. The molecule has 4 bridgehead atoms. The van der Waals surface area contributed by atoms with E-state index in [4.69, 9.17) is 18.9 Å². The number of ketones is 2. The molecule has 3 aliphatic heterocycles. The number of fused-ring (bicyclic) bond motifs is 3. The van der Waals surface area contributed by atoms with Gasteiger partial charge in [0.15, 0.2) is 17.0 Å². The molecule has 43 heavy (non-hydrogen) atoms. The number of carbonyl (C=O) groups is 3. The van der Waals surface area contributed by atoms with Crippen LogP contribution < -0.4 is 9.47 Å². The molecule has 9 heteroatoms. The van der Waals surface area contributed by atoms with Gasteiger partial charge in [-0.05, 0) is 60.5 Å². The van der Waals surface area contributed by atoms with E-state index in [-0.39, 0.29) is 47.2 Å². The molecule has 6 aliphatic rings. The maximum atomic E-state index is 14.8. The van der Waals surface area contributed by atoms with Gasteiger partial charge in [0.05, 0.1) is 5.60 Å². The normalized spacial score (nSPS) is 34.1. The number of aliphatic carboxylic acids is 1. The molecule has 0 aromatic heterocycles. The summed E-state index contributed by atoms with van der Waals surface area (Å²) in [5, 5.41) is 21.4. The van der Waals surface area contributed by atoms with E-state index in [0.29, 0.717) is 23.3 Å². The number of hydrogen-bond donors (Lipinski definition) is 2. The summed E-state index contributed by atoms with van der Waals surface area (Å²) in [5.74, 6) is -2.05. The molecule has 2 N–H and O–H groups in total. The van der Waals surface area contributed by atoms with Crippen molar-refractivity contribution in [3.8, 4) is 17.2 Å². The van der Waals surface area contributed by atoms with Crippen LogP contribution in [0.25, 0.3) is 0 Å². The van der Waals surface area contributed by atoms with Crippen LogP contribution in [0.3, 0.4) is 0 Å². The number of carbonyl (C=O) groups excluding carboxylic acids is 2. The Morgan fingerprint density at radius 1 is 1.12 bits per heavy atom. The second kappa shape index (κ2) is 8.82. The second-order valence-electron chi connectivity index (χ2n) is 14.0. The number of phenolic OH excluding ortho intramolecular Hbond substituents is 1. The Morgan fingerprint density at radius 3 is 2.40 bits per heavy atom. The highest BCUT2D eigenvalue weighted by atomic mass is 16.6. The first-order chi connectivity index (χ1) is 19.9. The lowest BCUT2D eigenvalue weighted by Crippen LogP contribution is -2.77. The van der Waals surface area contributed by atoms with Crippen LogP contribution in [0.5, 0.6) is 17.2 Å². The van der Waals surface area contributed by atoms with Gasteiger partial charge in [-0.15, -0.1) is 0 Å². The van der Waals surface area contributed by atoms with Gasteiger partial charge in [0, 0.05) is 47.1 Å². The van der Waals surface area contributed by atoms with E-state index in [1.165, 1.54) is 20.1 Å². The number of aromatic hydroxyl groups is 1. The summed E-state index contributed by atoms with van der Waals surface area (Å²) in [6.07, 6.45) is 5.11. The number of hydrogen-bond acceptors (Lipinski definition) is 8. The Morgan fingerprint density at radius 2 is 1.79 bits per heavy atom. The molecule has 1 aromatic rings. The van der Waals surface area contributed by atoms with E-state index < -0.39 is 51.3 Å². The first-order valence-electron chi connectivity index (χ1n) is 14.8. The zero-order valence-corrected chi connectivity index (χ0v) is 26.3. The first kappa shape index (κ1) is 29.6. The number of methoxy groups -OCH3 is 1. The van der Waals surface area contributed by atoms with Crippen molar-refractivity contribution in [2.24, 2.45) is 5.92 Å². The number of carboxylic acid groups (broad SMARTS) is 1. The number of ether oxygens (including phenoxy) is 4. The molecule has 1 saturated carbocycles. The summed E-state index contributed by atoms with van der Waals surface area (Å²) < 4.78 is 26.1. The van der Waals surface area contributed by atoms with Crippen molar-refractivity contribution >= 4 is 17.5 Å². The number of Topliss-reactive ketones (excluding diaryl/α,β-unsaturated/α-hetero) is 2. The molecule has 1 aromatic carbocycles. The molecule has 0 amide bonds. The van der Waals surface area contributed by atoms with Crippen LogP contribution in [0, 0.1) is 5.92 Å². The number of rotatable bonds is 6. The molecule has 0 unspecified atom stereocenters. The fourth-order valence-corrected chi connectivity index (χ4v) is 8.02. The summed E-state index contributed by atoms with van der Waals surface area (Å²) in [5.41, 5.74) is -3.91. The zero-order chi connectivity index (χ0) is 31.7. The predicted molar refractivity (Wildman–Crippen MR) is 157 cm³/mol. The summed E-state index contributed by atoms with van der Waals surface area (Å²) in [4.78, 5) is 41.2. The Labute approximate surface area is 251 Å². The van der Waals surface area contributed by atoms with E-state index >= 15 is 0 Å². The van der Waals surface area contributed by atoms with Crippen molar-refractivity contribution in [2.45, 2.75) is 109 Å². The van der Waals surface area contributed by atoms with Gasteiger partial charge in [-0.1, -0.05) is 31.6 Å². The van der Waals surface area contributed by atoms with Gasteiger partial charge in [0.2, 0.25) is 5.78 Å². The molecule has 1 spiro atoms. The minimum Gasteiger partial charge on any atom is -0.507 e. The molecule has 230 valence electrons. The number of allylic oxidation sites excluding steroid dienone is 2. The van der Waals surface area contributed by atoms with Crippen molar-refractivity contribution in [2.75, 3.05) is 7.11 Å². The molecule has 3 aliphatic carbocycles. The van der Waals surface area contributed by atoms with Crippen LogP contribution >= 0.6 is 0 Å². The summed E-state index contributed by atoms with van der Waals surface area (Å²) in [6.45, 7) is 15.1. The van der Waals surface area contributed by atoms with Crippen LogP contribution in [-0.4, -0.2) is 63.4 Å². The average Bonchev–Trinajstić information content (AvgIpc) is 3.25. The Kier molecular flexibility index (Phi) is 6.08. The molecule has 7 rings (SSSR count). The number of phenols is 1. The highest BCUT2D eigenvalue weighted by Crippen LogP contribution is 2.70. The van der Waals surface area contributed by atoms with E-state index in [0.717, 1.165) is 5.57 Å². The molecule has 0 radical (unpaired) electrons. The fourth-order valence-electron chi connectivity index (χ4n) is 8.02. The zero-order valence-electron chi connectivity index (χ0n) is 26.3. The number of benzene rings is 1. The molecule has 1 saturated heterocycles. The topological polar surface area (TPSA) is 129 Å². The smallest absolute Gasteiger partial charge is 0.330 e. The van der Waals surface area contributed by atoms with Crippen LogP contribution in [0.4, 0.5) is 0 Å². The molecule has 2 fully saturated rings. The minimum atomic E-state index is -1.76. The first-order valence-corrected chi connectivity index (χ1v) is 14.8. The molecular weight excluding hydrogens is 552 g/mol. The van der Waals surface area contributed by atoms with Gasteiger partial charge in [-0.3, -0.25) is 9.59 Å². The standard InChI is InChI=1S/C34H40O9/c1-16(2)10-11-19-24(35)22-25(36)20-14-32(40-9)15-21-31(7,8)43-33(29(32)39,13-12-17(3)28(37)38)34(20,21)42-27(22)23-26(19)41-18(4)30(23,5)6/h10,12,14,18,21,35H,11,13,15H2,1-9H3,(H,37,38)/t18-,21-,32-,33-,34+/m1/s1. The lowest BCUT2D eigenvalue weighted by molar-refractivity contribution is -0.190. The fraction of sp³-hybridized carbons (Fsp3) is 0.559. The van der Waals surface area contributed by atoms with Gasteiger partial charge in [0.1, 0.15) is 34.5 Å². The predicted octanol–water partition coefficient (Wildman–Crippen LogP) is 5.16. The minimum absolute atomic E-state index is 0.0365. The third-order valence-electron chi connectivity index (χ3n) is 10.7. The van der Waals surface area contributed by atoms with E-state index in [9.17, 15) is 24.6 Å². The largest absolute Gasteiger partial charge is 0.507 e. The second-order valence-corrected chi connectivity index (χ2v) is 14.0. The van der Waals surface area contributed by atoms with E-state index in [1.54, 1.807) is 6.08 Å². The van der Waals surface area contributed by atoms with Crippen molar-refractivity contribution in [1.82, 2.24) is 0 Å². The highest BCUT2D eigenvalue weighted by Gasteiger charge is 2.84. The van der Waals surface area contributed by atoms with Gasteiger partial charge < -0.3 is 29.2 Å². The van der Waals surface area contributed by atoms with E-state index in [2.05, 4.69) is 0 Å². The Bertz CT molecular complexity index is 1600. The SMILES string of the molecule is CO[C@]12C=C3C(=O)c4c(O)c(CC=C(C)C)c5c(c4O[C@]34[C@H](C1)C(C)(C)O[C@]4(CC=C(C)C(=O)O)C2=O)C(C)(C)[C@@H](C)O5. The van der Waals surface area contributed by atoms with Crippen molar-refractivity contribution < 1.29 is 43.5 Å². The maximum Gasteiger partial charge on any atom is 0.330 e. The van der Waals surface area contributed by atoms with Crippen molar-refractivity contribution in [1.29, 1.82) is 0 Å². The third-order valence-corrected chi connectivity index (χ3v) is 10.7. The Hall–Kier alpha value is -3.43. The maximum absolute atomic E-state index is 14.8. The van der Waals surface area contributed by atoms with Gasteiger partial charge >= 0.3 is 5.97 Å². The number of carboxylic acids is 1. The van der Waals surface area contributed by atoms with Gasteiger partial charge in [-0.25, -0.2) is 4.79 Å². The third kappa shape index (κ3) is 3.43. The van der Waals surface area contributed by atoms with Crippen LogP contribution in [-0.2, 0) is 30.9 Å². The quantitative estimate of drug-likeness (QED) is 0.340. The van der Waals surface area contributed by atoms with Crippen LogP contribution in [0.1, 0.15) is 89.7 Å². The van der Waals surface area contributed by atoms with Gasteiger partial charge in [-0.2, -0.15) is 0 Å². The Balaban J connectivity index is 1.70. The molecule has 5 atom stereocenters.